The van der Waals surface area contributed by atoms with E-state index in [-0.39, 0.29) is 5.78 Å². The van der Waals surface area contributed by atoms with E-state index in [1.165, 1.54) is 0 Å². The molecule has 1 aromatic carbocycles. The number of hydrogen-bond donors (Lipinski definition) is 1. The molecule has 0 aliphatic rings. The Balaban J connectivity index is 2.41. The van der Waals surface area contributed by atoms with Gasteiger partial charge in [0.25, 0.3) is 0 Å². The van der Waals surface area contributed by atoms with Gasteiger partial charge in [0, 0.05) is 35.0 Å². The zero-order valence-electron chi connectivity index (χ0n) is 8.51. The lowest BCUT2D eigenvalue weighted by Gasteiger charge is -1.97. The van der Waals surface area contributed by atoms with Crippen LogP contribution in [0.5, 0.6) is 0 Å². The molecule has 0 spiro atoms. The first kappa shape index (κ1) is 10.2. The van der Waals surface area contributed by atoms with Crippen LogP contribution in [0.2, 0.25) is 5.02 Å². The molecule has 2 rings (SSSR count). The molecule has 2 aromatic rings. The van der Waals surface area contributed by atoms with Crippen LogP contribution in [0.25, 0.3) is 10.9 Å². The smallest absolute Gasteiger partial charge is 0.137 e. The van der Waals surface area contributed by atoms with Gasteiger partial charge in [-0.15, -0.1) is 0 Å². The SMILES string of the molecule is CCC(=O)Cc1c[nH]c2cc(Cl)ccc12. The summed E-state index contributed by atoms with van der Waals surface area (Å²) in [5, 5.41) is 1.79. The van der Waals surface area contributed by atoms with Crippen LogP contribution in [0.1, 0.15) is 18.9 Å². The maximum atomic E-state index is 11.3. The van der Waals surface area contributed by atoms with Crippen LogP contribution in [-0.2, 0) is 11.2 Å². The average molecular weight is 222 g/mol. The Morgan fingerprint density at radius 1 is 1.47 bits per heavy atom. The minimum Gasteiger partial charge on any atom is -0.361 e. The number of benzene rings is 1. The first-order valence-corrected chi connectivity index (χ1v) is 5.35. The van der Waals surface area contributed by atoms with Crippen molar-refractivity contribution < 1.29 is 4.79 Å². The van der Waals surface area contributed by atoms with Crippen LogP contribution in [0.3, 0.4) is 0 Å². The topological polar surface area (TPSA) is 32.9 Å². The number of ketones is 1. The molecule has 0 atom stereocenters. The second-order valence-electron chi connectivity index (χ2n) is 3.57. The molecule has 0 aliphatic heterocycles. The minimum absolute atomic E-state index is 0.255. The van der Waals surface area contributed by atoms with Gasteiger partial charge in [0.05, 0.1) is 0 Å². The van der Waals surface area contributed by atoms with Gasteiger partial charge in [0.2, 0.25) is 0 Å². The number of Topliss-reactive ketones (excluding diaryl/α,β-unsaturated/α-hetero) is 1. The van der Waals surface area contributed by atoms with E-state index in [9.17, 15) is 4.79 Å². The molecule has 2 nitrogen and oxygen atoms in total. The molecule has 3 heteroatoms. The summed E-state index contributed by atoms with van der Waals surface area (Å²) >= 11 is 5.87. The molecule has 1 N–H and O–H groups in total. The third-order valence-electron chi connectivity index (χ3n) is 2.51. The van der Waals surface area contributed by atoms with E-state index in [0.717, 1.165) is 16.5 Å². The number of nitrogens with one attached hydrogen (secondary N) is 1. The predicted octanol–water partition coefficient (Wildman–Crippen LogP) is 3.34. The van der Waals surface area contributed by atoms with Crippen LogP contribution in [-0.4, -0.2) is 10.8 Å². The lowest BCUT2D eigenvalue weighted by atomic mass is 10.1. The maximum absolute atomic E-state index is 11.3. The van der Waals surface area contributed by atoms with Crippen LogP contribution >= 0.6 is 11.6 Å². The second kappa shape index (κ2) is 4.07. The van der Waals surface area contributed by atoms with Crippen molar-refractivity contribution in [3.8, 4) is 0 Å². The number of halogens is 1. The number of H-pyrrole nitrogens is 1. The van der Waals surface area contributed by atoms with Gasteiger partial charge in [0.1, 0.15) is 5.78 Å². The summed E-state index contributed by atoms with van der Waals surface area (Å²) in [6.07, 6.45) is 2.97. The molecule has 1 aromatic heterocycles. The number of carbonyl (C=O) groups is 1. The van der Waals surface area contributed by atoms with Crippen LogP contribution < -0.4 is 0 Å². The number of aromatic nitrogens is 1. The average Bonchev–Trinajstić information content (AvgIpc) is 2.60. The normalized spacial score (nSPS) is 10.8. The van der Waals surface area contributed by atoms with Gasteiger partial charge >= 0.3 is 0 Å². The number of fused-ring (bicyclic) bond motifs is 1. The number of carbonyl (C=O) groups excluding carboxylic acids is 1. The number of hydrogen-bond acceptors (Lipinski definition) is 1. The summed E-state index contributed by atoms with van der Waals surface area (Å²) in [6, 6.07) is 5.67. The standard InChI is InChI=1S/C12H12ClNO/c1-2-10(15)5-8-7-14-12-6-9(13)3-4-11(8)12/h3-4,6-7,14H,2,5H2,1H3. The molecule has 1 heterocycles. The Hall–Kier alpha value is -1.28. The highest BCUT2D eigenvalue weighted by Gasteiger charge is 2.07. The van der Waals surface area contributed by atoms with E-state index < -0.39 is 0 Å². The summed E-state index contributed by atoms with van der Waals surface area (Å²) in [6.45, 7) is 1.88. The van der Waals surface area contributed by atoms with Gasteiger partial charge in [-0.1, -0.05) is 24.6 Å². The zero-order valence-corrected chi connectivity index (χ0v) is 9.27. The van der Waals surface area contributed by atoms with E-state index in [2.05, 4.69) is 4.98 Å². The highest BCUT2D eigenvalue weighted by molar-refractivity contribution is 6.31. The molecule has 0 radical (unpaired) electrons. The summed E-state index contributed by atoms with van der Waals surface area (Å²) in [5.41, 5.74) is 2.04. The van der Waals surface area contributed by atoms with Crippen molar-refractivity contribution >= 4 is 28.3 Å². The van der Waals surface area contributed by atoms with Crippen LogP contribution in [0.4, 0.5) is 0 Å². The van der Waals surface area contributed by atoms with E-state index in [4.69, 9.17) is 11.6 Å². The van der Waals surface area contributed by atoms with Crippen molar-refractivity contribution in [3.05, 3.63) is 35.0 Å². The molecule has 78 valence electrons. The van der Waals surface area contributed by atoms with E-state index in [1.807, 2.05) is 31.3 Å². The minimum atomic E-state index is 0.255. The Morgan fingerprint density at radius 2 is 2.27 bits per heavy atom. The fraction of sp³-hybridized carbons (Fsp3) is 0.250. The molecule has 15 heavy (non-hydrogen) atoms. The monoisotopic (exact) mass is 221 g/mol. The van der Waals surface area contributed by atoms with E-state index >= 15 is 0 Å². The third kappa shape index (κ3) is 2.05. The van der Waals surface area contributed by atoms with Crippen LogP contribution in [0.15, 0.2) is 24.4 Å². The van der Waals surface area contributed by atoms with Crippen molar-refractivity contribution in [1.82, 2.24) is 4.98 Å². The van der Waals surface area contributed by atoms with Crippen molar-refractivity contribution in [1.29, 1.82) is 0 Å². The highest BCUT2D eigenvalue weighted by Crippen LogP contribution is 2.22. The number of rotatable bonds is 3. The summed E-state index contributed by atoms with van der Waals surface area (Å²) in [7, 11) is 0. The van der Waals surface area contributed by atoms with Crippen molar-refractivity contribution in [2.45, 2.75) is 19.8 Å². The molecular weight excluding hydrogens is 210 g/mol. The van der Waals surface area contributed by atoms with E-state index in [1.54, 1.807) is 0 Å². The van der Waals surface area contributed by atoms with Crippen molar-refractivity contribution in [3.63, 3.8) is 0 Å². The Labute approximate surface area is 93.2 Å². The van der Waals surface area contributed by atoms with Crippen LogP contribution in [0, 0.1) is 0 Å². The molecule has 0 fully saturated rings. The third-order valence-corrected chi connectivity index (χ3v) is 2.75. The van der Waals surface area contributed by atoms with Gasteiger partial charge in [-0.2, -0.15) is 0 Å². The molecular formula is C12H12ClNO. The largest absolute Gasteiger partial charge is 0.361 e. The first-order chi connectivity index (χ1) is 7.20. The molecule has 0 saturated heterocycles. The Morgan fingerprint density at radius 3 is 3.00 bits per heavy atom. The predicted molar refractivity (Wildman–Crippen MR) is 62.3 cm³/mol. The fourth-order valence-electron chi connectivity index (χ4n) is 1.64. The van der Waals surface area contributed by atoms with Crippen molar-refractivity contribution in [2.24, 2.45) is 0 Å². The summed E-state index contributed by atoms with van der Waals surface area (Å²) in [4.78, 5) is 14.5. The molecule has 0 amide bonds. The zero-order chi connectivity index (χ0) is 10.8. The van der Waals surface area contributed by atoms with Crippen molar-refractivity contribution in [2.75, 3.05) is 0 Å². The lowest BCUT2D eigenvalue weighted by molar-refractivity contribution is -0.118. The molecule has 0 bridgehead atoms. The van der Waals surface area contributed by atoms with Gasteiger partial charge in [-0.05, 0) is 17.7 Å². The number of aromatic amines is 1. The maximum Gasteiger partial charge on any atom is 0.137 e. The summed E-state index contributed by atoms with van der Waals surface area (Å²) in [5.74, 6) is 0.255. The van der Waals surface area contributed by atoms with Gasteiger partial charge in [0.15, 0.2) is 0 Å². The van der Waals surface area contributed by atoms with E-state index in [0.29, 0.717) is 17.9 Å². The Bertz CT molecular complexity index is 501. The van der Waals surface area contributed by atoms with Gasteiger partial charge in [-0.3, -0.25) is 4.79 Å². The van der Waals surface area contributed by atoms with Gasteiger partial charge in [-0.25, -0.2) is 0 Å². The second-order valence-corrected chi connectivity index (χ2v) is 4.01. The quantitative estimate of drug-likeness (QED) is 0.847. The first-order valence-electron chi connectivity index (χ1n) is 4.98. The molecule has 0 saturated carbocycles. The fourth-order valence-corrected chi connectivity index (χ4v) is 1.81. The Kier molecular flexibility index (Phi) is 2.78. The van der Waals surface area contributed by atoms with Gasteiger partial charge < -0.3 is 4.98 Å². The summed E-state index contributed by atoms with van der Waals surface area (Å²) < 4.78 is 0. The molecule has 0 unspecified atom stereocenters. The lowest BCUT2D eigenvalue weighted by Crippen LogP contribution is -1.99. The molecule has 0 aliphatic carbocycles. The highest BCUT2D eigenvalue weighted by atomic mass is 35.5.